The molecule has 0 heteroatoms. The van der Waals surface area contributed by atoms with Crippen LogP contribution in [-0.2, 0) is 10.8 Å². The Kier molecular flexibility index (Phi) is 4.34. The molecule has 0 saturated carbocycles. The lowest BCUT2D eigenvalue weighted by Crippen LogP contribution is -2.15. The zero-order chi connectivity index (χ0) is 24.7. The van der Waals surface area contributed by atoms with E-state index in [4.69, 9.17) is 0 Å². The molecule has 0 aromatic heterocycles. The van der Waals surface area contributed by atoms with Gasteiger partial charge < -0.3 is 0 Å². The van der Waals surface area contributed by atoms with Crippen LogP contribution in [0.4, 0.5) is 0 Å². The SMILES string of the molecule is CC1(C)c2ccccc2-c2ccc(-c3ccccc3-c3ccc4c(c3)C(C)(C)c3ccccc3-4)cc21. The maximum Gasteiger partial charge on any atom is 0.0159 e. The van der Waals surface area contributed by atoms with E-state index in [-0.39, 0.29) is 10.8 Å². The summed E-state index contributed by atoms with van der Waals surface area (Å²) in [5, 5.41) is 0. The van der Waals surface area contributed by atoms with Crippen LogP contribution in [0.25, 0.3) is 44.5 Å². The fourth-order valence-corrected chi connectivity index (χ4v) is 6.73. The van der Waals surface area contributed by atoms with Gasteiger partial charge in [-0.15, -0.1) is 0 Å². The van der Waals surface area contributed by atoms with Gasteiger partial charge in [-0.3, -0.25) is 0 Å². The van der Waals surface area contributed by atoms with E-state index in [1.54, 1.807) is 0 Å². The molecule has 0 unspecified atom stereocenters. The Morgan fingerprint density at radius 3 is 1.08 bits per heavy atom. The number of benzene rings is 5. The lowest BCUT2D eigenvalue weighted by molar-refractivity contribution is 0.660. The summed E-state index contributed by atoms with van der Waals surface area (Å²) >= 11 is 0. The Labute approximate surface area is 214 Å². The van der Waals surface area contributed by atoms with Crippen LogP contribution in [0.5, 0.6) is 0 Å². The van der Waals surface area contributed by atoms with E-state index in [2.05, 4.69) is 137 Å². The van der Waals surface area contributed by atoms with Crippen molar-refractivity contribution in [2.45, 2.75) is 38.5 Å². The lowest BCUT2D eigenvalue weighted by atomic mass is 9.80. The second-order valence-electron chi connectivity index (χ2n) is 11.4. The molecule has 0 spiro atoms. The van der Waals surface area contributed by atoms with Gasteiger partial charge in [0.2, 0.25) is 0 Å². The average molecular weight is 463 g/mol. The van der Waals surface area contributed by atoms with Gasteiger partial charge in [-0.05, 0) is 78.9 Å². The number of rotatable bonds is 2. The van der Waals surface area contributed by atoms with Gasteiger partial charge in [-0.25, -0.2) is 0 Å². The van der Waals surface area contributed by atoms with Crippen molar-refractivity contribution in [3.8, 4) is 44.5 Å². The molecular weight excluding hydrogens is 432 g/mol. The second-order valence-corrected chi connectivity index (χ2v) is 11.4. The van der Waals surface area contributed by atoms with Crippen molar-refractivity contribution in [1.29, 1.82) is 0 Å². The van der Waals surface area contributed by atoms with Crippen LogP contribution in [0, 0.1) is 0 Å². The van der Waals surface area contributed by atoms with Gasteiger partial charge in [0, 0.05) is 10.8 Å². The molecule has 2 aliphatic carbocycles. The highest BCUT2D eigenvalue weighted by Gasteiger charge is 2.36. The van der Waals surface area contributed by atoms with Crippen LogP contribution in [0.2, 0.25) is 0 Å². The molecule has 174 valence electrons. The lowest BCUT2D eigenvalue weighted by Gasteiger charge is -2.23. The van der Waals surface area contributed by atoms with Crippen LogP contribution >= 0.6 is 0 Å². The van der Waals surface area contributed by atoms with E-state index in [0.717, 1.165) is 0 Å². The first-order valence-corrected chi connectivity index (χ1v) is 13.0. The molecule has 0 amide bonds. The van der Waals surface area contributed by atoms with Crippen molar-refractivity contribution in [3.05, 3.63) is 131 Å². The molecule has 5 aromatic rings. The van der Waals surface area contributed by atoms with E-state index in [0.29, 0.717) is 0 Å². The summed E-state index contributed by atoms with van der Waals surface area (Å²) in [5.74, 6) is 0. The molecule has 0 radical (unpaired) electrons. The standard InChI is InChI=1S/C36H30/c1-35(2)31-15-9-7-13-27(31)29-19-17-23(21-33(29)35)25-11-5-6-12-26(25)24-18-20-30-28-14-8-10-16-32(28)36(3,4)34(30)22-24/h5-22H,1-4H3. The Morgan fingerprint density at radius 2 is 0.667 bits per heavy atom. The summed E-state index contributed by atoms with van der Waals surface area (Å²) in [6.45, 7) is 9.42. The first-order valence-electron chi connectivity index (χ1n) is 13.0. The van der Waals surface area contributed by atoms with E-state index in [9.17, 15) is 0 Å². The molecule has 36 heavy (non-hydrogen) atoms. The van der Waals surface area contributed by atoms with Crippen LogP contribution in [-0.4, -0.2) is 0 Å². The molecular formula is C36H30. The summed E-state index contributed by atoms with van der Waals surface area (Å²) in [6.07, 6.45) is 0. The molecule has 0 atom stereocenters. The van der Waals surface area contributed by atoms with Crippen LogP contribution < -0.4 is 0 Å². The van der Waals surface area contributed by atoms with Gasteiger partial charge in [0.05, 0.1) is 0 Å². The third-order valence-electron chi connectivity index (χ3n) is 8.72. The zero-order valence-corrected chi connectivity index (χ0v) is 21.4. The van der Waals surface area contributed by atoms with Gasteiger partial charge in [0.1, 0.15) is 0 Å². The van der Waals surface area contributed by atoms with E-state index in [1.807, 2.05) is 0 Å². The maximum atomic E-state index is 2.43. The van der Waals surface area contributed by atoms with E-state index in [1.165, 1.54) is 66.8 Å². The van der Waals surface area contributed by atoms with Crippen LogP contribution in [0.1, 0.15) is 49.9 Å². The highest BCUT2D eigenvalue weighted by atomic mass is 14.4. The topological polar surface area (TPSA) is 0 Å². The molecule has 2 aliphatic rings. The first-order chi connectivity index (χ1) is 17.4. The summed E-state index contributed by atoms with van der Waals surface area (Å²) < 4.78 is 0. The van der Waals surface area contributed by atoms with E-state index < -0.39 is 0 Å². The third kappa shape index (κ3) is 2.82. The highest BCUT2D eigenvalue weighted by Crippen LogP contribution is 2.51. The van der Waals surface area contributed by atoms with Gasteiger partial charge in [-0.1, -0.05) is 125 Å². The largest absolute Gasteiger partial charge is 0.0619 e. The molecule has 7 rings (SSSR count). The third-order valence-corrected chi connectivity index (χ3v) is 8.72. The molecule has 0 fully saturated rings. The van der Waals surface area contributed by atoms with E-state index >= 15 is 0 Å². The number of fused-ring (bicyclic) bond motifs is 6. The van der Waals surface area contributed by atoms with Crippen molar-refractivity contribution in [1.82, 2.24) is 0 Å². The molecule has 0 aliphatic heterocycles. The molecule has 0 heterocycles. The Bertz CT molecular complexity index is 1550. The minimum Gasteiger partial charge on any atom is -0.0619 e. The second kappa shape index (κ2) is 7.31. The van der Waals surface area contributed by atoms with Crippen molar-refractivity contribution in [2.75, 3.05) is 0 Å². The van der Waals surface area contributed by atoms with Gasteiger partial charge in [0.25, 0.3) is 0 Å². The minimum absolute atomic E-state index is 0.000249. The van der Waals surface area contributed by atoms with Crippen molar-refractivity contribution in [3.63, 3.8) is 0 Å². The minimum atomic E-state index is 0.000249. The summed E-state index contributed by atoms with van der Waals surface area (Å²) in [6, 6.07) is 40.8. The average Bonchev–Trinajstić information content (AvgIpc) is 3.28. The van der Waals surface area contributed by atoms with Gasteiger partial charge in [0.15, 0.2) is 0 Å². The molecule has 0 saturated heterocycles. The fourth-order valence-electron chi connectivity index (χ4n) is 6.73. The number of hydrogen-bond acceptors (Lipinski definition) is 0. The van der Waals surface area contributed by atoms with Crippen molar-refractivity contribution >= 4 is 0 Å². The monoisotopic (exact) mass is 462 g/mol. The summed E-state index contributed by atoms with van der Waals surface area (Å²) in [4.78, 5) is 0. The van der Waals surface area contributed by atoms with Gasteiger partial charge >= 0.3 is 0 Å². The van der Waals surface area contributed by atoms with Crippen molar-refractivity contribution < 1.29 is 0 Å². The normalized spacial score (nSPS) is 15.7. The molecule has 0 bridgehead atoms. The van der Waals surface area contributed by atoms with Crippen molar-refractivity contribution in [2.24, 2.45) is 0 Å². The first kappa shape index (κ1) is 21.4. The highest BCUT2D eigenvalue weighted by molar-refractivity contribution is 5.90. The Hall–Kier alpha value is -3.90. The zero-order valence-electron chi connectivity index (χ0n) is 21.4. The summed E-state index contributed by atoms with van der Waals surface area (Å²) in [7, 11) is 0. The fraction of sp³-hybridized carbons (Fsp3) is 0.167. The predicted molar refractivity (Wildman–Crippen MR) is 152 cm³/mol. The molecule has 0 nitrogen and oxygen atoms in total. The van der Waals surface area contributed by atoms with Crippen LogP contribution in [0.15, 0.2) is 109 Å². The predicted octanol–water partition coefficient (Wildman–Crippen LogP) is 9.63. The number of hydrogen-bond donors (Lipinski definition) is 0. The Morgan fingerprint density at radius 1 is 0.333 bits per heavy atom. The Balaban J connectivity index is 1.37. The van der Waals surface area contributed by atoms with Gasteiger partial charge in [-0.2, -0.15) is 0 Å². The molecule has 5 aromatic carbocycles. The molecule has 0 N–H and O–H groups in total. The smallest absolute Gasteiger partial charge is 0.0159 e. The maximum absolute atomic E-state index is 2.43. The quantitative estimate of drug-likeness (QED) is 0.245. The summed E-state index contributed by atoms with van der Waals surface area (Å²) in [5.41, 5.74) is 16.3. The van der Waals surface area contributed by atoms with Crippen LogP contribution in [0.3, 0.4) is 0 Å².